The van der Waals surface area contributed by atoms with E-state index >= 15 is 0 Å². The molecule has 32 heavy (non-hydrogen) atoms. The molecule has 1 amide bonds. The van der Waals surface area contributed by atoms with E-state index in [-0.39, 0.29) is 23.8 Å². The number of nitriles is 1. The summed E-state index contributed by atoms with van der Waals surface area (Å²) in [6.45, 7) is 2.86. The highest BCUT2D eigenvalue weighted by Crippen LogP contribution is 2.45. The Morgan fingerprint density at radius 1 is 1.31 bits per heavy atom. The number of hydrogen-bond acceptors (Lipinski definition) is 6. The van der Waals surface area contributed by atoms with Gasteiger partial charge in [0, 0.05) is 50.0 Å². The fourth-order valence-electron chi connectivity index (χ4n) is 3.55. The minimum atomic E-state index is -4.60. The Morgan fingerprint density at radius 2 is 2.03 bits per heavy atom. The molecule has 1 aromatic carbocycles. The molecule has 1 aliphatic heterocycles. The van der Waals surface area contributed by atoms with E-state index in [2.05, 4.69) is 26.7 Å². The fourth-order valence-corrected chi connectivity index (χ4v) is 3.78. The van der Waals surface area contributed by atoms with Crippen molar-refractivity contribution in [3.63, 3.8) is 0 Å². The van der Waals surface area contributed by atoms with Crippen LogP contribution in [0.15, 0.2) is 24.4 Å². The maximum absolute atomic E-state index is 13.3. The van der Waals surface area contributed by atoms with Gasteiger partial charge in [0.2, 0.25) is 5.91 Å². The Morgan fingerprint density at radius 3 is 2.66 bits per heavy atom. The van der Waals surface area contributed by atoms with Crippen LogP contribution in [-0.2, 0) is 17.5 Å². The number of nitrogens with zero attached hydrogens (tertiary/aromatic N) is 4. The number of alkyl halides is 3. The monoisotopic (exact) mass is 464 g/mol. The summed E-state index contributed by atoms with van der Waals surface area (Å²) >= 11 is 5.73. The van der Waals surface area contributed by atoms with Gasteiger partial charge in [0.15, 0.2) is 5.82 Å². The number of rotatable bonds is 5. The number of anilines is 1. The van der Waals surface area contributed by atoms with Gasteiger partial charge in [0.05, 0.1) is 16.7 Å². The molecule has 2 aliphatic rings. The average molecular weight is 465 g/mol. The molecule has 168 valence electrons. The molecule has 2 aromatic rings. The van der Waals surface area contributed by atoms with Crippen LogP contribution in [0.4, 0.5) is 19.0 Å². The molecule has 0 unspecified atom stereocenters. The number of nitrogens with one attached hydrogen (secondary N) is 2. The Labute approximate surface area is 187 Å². The van der Waals surface area contributed by atoms with E-state index < -0.39 is 22.2 Å². The van der Waals surface area contributed by atoms with Gasteiger partial charge in [-0.25, -0.2) is 9.97 Å². The summed E-state index contributed by atoms with van der Waals surface area (Å²) < 4.78 is 39.8. The Kier molecular flexibility index (Phi) is 5.97. The van der Waals surface area contributed by atoms with Crippen molar-refractivity contribution in [2.75, 3.05) is 31.1 Å². The molecular weight excluding hydrogens is 445 g/mol. The number of amides is 1. The molecule has 11 heteroatoms. The van der Waals surface area contributed by atoms with Gasteiger partial charge in [-0.1, -0.05) is 11.6 Å². The number of piperazine rings is 1. The van der Waals surface area contributed by atoms with E-state index in [0.717, 1.165) is 19.2 Å². The van der Waals surface area contributed by atoms with Gasteiger partial charge in [-0.2, -0.15) is 18.4 Å². The molecule has 1 aliphatic carbocycles. The van der Waals surface area contributed by atoms with Crippen LogP contribution in [0.1, 0.15) is 24.0 Å². The molecule has 0 spiro atoms. The SMILES string of the molecule is N#CC1(C(=O)NCc2cnc(-c3ccc(Cl)c(C(F)(F)F)c3)nc2N2CCNCC2)CC1. The zero-order chi connectivity index (χ0) is 22.9. The first-order valence-corrected chi connectivity index (χ1v) is 10.5. The Hall–Kier alpha value is -2.90. The second kappa shape index (κ2) is 8.56. The number of benzene rings is 1. The summed E-state index contributed by atoms with van der Waals surface area (Å²) in [7, 11) is 0. The summed E-state index contributed by atoms with van der Waals surface area (Å²) in [5, 5.41) is 14.8. The quantitative estimate of drug-likeness (QED) is 0.706. The van der Waals surface area contributed by atoms with Gasteiger partial charge in [-0.3, -0.25) is 4.79 Å². The highest BCUT2D eigenvalue weighted by atomic mass is 35.5. The molecule has 4 rings (SSSR count). The van der Waals surface area contributed by atoms with Crippen LogP contribution in [-0.4, -0.2) is 42.1 Å². The highest BCUT2D eigenvalue weighted by Gasteiger charge is 2.50. The minimum Gasteiger partial charge on any atom is -0.354 e. The van der Waals surface area contributed by atoms with Crippen molar-refractivity contribution in [2.45, 2.75) is 25.6 Å². The van der Waals surface area contributed by atoms with Gasteiger partial charge in [0.1, 0.15) is 11.2 Å². The van der Waals surface area contributed by atoms with Gasteiger partial charge < -0.3 is 15.5 Å². The van der Waals surface area contributed by atoms with Crippen molar-refractivity contribution >= 4 is 23.3 Å². The van der Waals surface area contributed by atoms with Crippen LogP contribution in [0.5, 0.6) is 0 Å². The third-order valence-electron chi connectivity index (χ3n) is 5.63. The summed E-state index contributed by atoms with van der Waals surface area (Å²) in [5.41, 5.74) is -1.09. The first-order valence-electron chi connectivity index (χ1n) is 10.1. The van der Waals surface area contributed by atoms with Crippen LogP contribution in [0.3, 0.4) is 0 Å². The van der Waals surface area contributed by atoms with Gasteiger partial charge in [0.25, 0.3) is 0 Å². The number of carbonyl (C=O) groups excluding carboxylic acids is 1. The van der Waals surface area contributed by atoms with Crippen molar-refractivity contribution in [1.82, 2.24) is 20.6 Å². The van der Waals surface area contributed by atoms with E-state index in [4.69, 9.17) is 11.6 Å². The molecule has 0 bridgehead atoms. The lowest BCUT2D eigenvalue weighted by Crippen LogP contribution is -2.44. The second-order valence-corrected chi connectivity index (χ2v) is 8.26. The number of aromatic nitrogens is 2. The van der Waals surface area contributed by atoms with Crippen LogP contribution in [0.2, 0.25) is 5.02 Å². The highest BCUT2D eigenvalue weighted by molar-refractivity contribution is 6.31. The van der Waals surface area contributed by atoms with Crippen molar-refractivity contribution in [3.8, 4) is 17.5 Å². The average Bonchev–Trinajstić information content (AvgIpc) is 3.59. The van der Waals surface area contributed by atoms with Crippen LogP contribution < -0.4 is 15.5 Å². The number of carbonyl (C=O) groups is 1. The van der Waals surface area contributed by atoms with E-state index in [1.54, 1.807) is 0 Å². The zero-order valence-corrected chi connectivity index (χ0v) is 17.7. The third-order valence-corrected chi connectivity index (χ3v) is 5.96. The summed E-state index contributed by atoms with van der Waals surface area (Å²) in [6.07, 6.45) is -2.02. The topological polar surface area (TPSA) is 93.9 Å². The molecule has 1 saturated carbocycles. The lowest BCUT2D eigenvalue weighted by molar-refractivity contribution is -0.137. The maximum atomic E-state index is 13.3. The standard InChI is InChI=1S/C21H20ClF3N6O/c22-16-2-1-13(9-15(16)21(23,24)25)17-28-10-14(11-29-19(32)20(12-26)3-4-20)18(30-17)31-7-5-27-6-8-31/h1-2,9-10,27H,3-8,11H2,(H,29,32). The van der Waals surface area contributed by atoms with Crippen molar-refractivity contribution in [1.29, 1.82) is 5.26 Å². The Bertz CT molecular complexity index is 1070. The van der Waals surface area contributed by atoms with Crippen LogP contribution in [0, 0.1) is 16.7 Å². The normalized spacial score (nSPS) is 17.5. The lowest BCUT2D eigenvalue weighted by Gasteiger charge is -2.30. The van der Waals surface area contributed by atoms with E-state index in [1.807, 2.05) is 4.90 Å². The van der Waals surface area contributed by atoms with Crippen molar-refractivity contribution in [2.24, 2.45) is 5.41 Å². The predicted molar refractivity (Wildman–Crippen MR) is 112 cm³/mol. The molecule has 0 radical (unpaired) electrons. The third kappa shape index (κ3) is 4.49. The molecule has 7 nitrogen and oxygen atoms in total. The smallest absolute Gasteiger partial charge is 0.354 e. The summed E-state index contributed by atoms with van der Waals surface area (Å²) in [5.74, 6) is 0.344. The molecule has 2 N–H and O–H groups in total. The van der Waals surface area contributed by atoms with Gasteiger partial charge >= 0.3 is 6.18 Å². The Balaban J connectivity index is 1.66. The molecule has 0 atom stereocenters. The van der Waals surface area contributed by atoms with Crippen LogP contribution in [0.25, 0.3) is 11.4 Å². The minimum absolute atomic E-state index is 0.121. The van der Waals surface area contributed by atoms with E-state index in [9.17, 15) is 23.2 Å². The fraction of sp³-hybridized carbons (Fsp3) is 0.429. The predicted octanol–water partition coefficient (Wildman–Crippen LogP) is 3.15. The van der Waals surface area contributed by atoms with Gasteiger partial charge in [-0.15, -0.1) is 0 Å². The van der Waals surface area contributed by atoms with E-state index in [1.165, 1.54) is 18.3 Å². The maximum Gasteiger partial charge on any atom is 0.417 e. The molecule has 2 heterocycles. The summed E-state index contributed by atoms with van der Waals surface area (Å²) in [6, 6.07) is 5.61. The molecular formula is C21H20ClF3N6O. The first kappa shape index (κ1) is 22.3. The molecule has 1 aromatic heterocycles. The van der Waals surface area contributed by atoms with Crippen molar-refractivity contribution < 1.29 is 18.0 Å². The second-order valence-electron chi connectivity index (χ2n) is 7.85. The summed E-state index contributed by atoms with van der Waals surface area (Å²) in [4.78, 5) is 23.2. The number of halogens is 4. The zero-order valence-electron chi connectivity index (χ0n) is 17.0. The van der Waals surface area contributed by atoms with Gasteiger partial charge in [-0.05, 0) is 31.0 Å². The van der Waals surface area contributed by atoms with Crippen molar-refractivity contribution in [3.05, 3.63) is 40.5 Å². The molecule has 1 saturated heterocycles. The number of hydrogen-bond donors (Lipinski definition) is 2. The molecule has 2 fully saturated rings. The van der Waals surface area contributed by atoms with E-state index in [0.29, 0.717) is 37.3 Å². The van der Waals surface area contributed by atoms with Crippen LogP contribution >= 0.6 is 11.6 Å². The largest absolute Gasteiger partial charge is 0.417 e. The lowest BCUT2D eigenvalue weighted by atomic mass is 10.1. The first-order chi connectivity index (χ1) is 15.2.